The third-order valence-electron chi connectivity index (χ3n) is 4.64. The van der Waals surface area contributed by atoms with E-state index >= 15 is 0 Å². The minimum atomic E-state index is -0.0560. The molecule has 2 atom stereocenters. The molecule has 2 aliphatic rings. The molecule has 2 unspecified atom stereocenters. The molecule has 2 heterocycles. The average Bonchev–Trinajstić information content (AvgIpc) is 2.94. The zero-order valence-corrected chi connectivity index (χ0v) is 24.3. The molecule has 3 rings (SSSR count). The van der Waals surface area contributed by atoms with Crippen molar-refractivity contribution < 1.29 is 92.0 Å². The molecule has 2 saturated heterocycles. The van der Waals surface area contributed by atoms with Crippen LogP contribution < -0.4 is 15.1 Å². The summed E-state index contributed by atoms with van der Waals surface area (Å²) in [6, 6.07) is 10.3. The first-order chi connectivity index (χ1) is 11.5. The molecule has 2 aliphatic heterocycles. The summed E-state index contributed by atoms with van der Waals surface area (Å²) in [5, 5.41) is 2.79. The Morgan fingerprint density at radius 3 is 2.59 bits per heavy atom. The van der Waals surface area contributed by atoms with Crippen LogP contribution in [-0.2, 0) is 60.9 Å². The third-order valence-corrected chi connectivity index (χ3v) is 4.64. The summed E-state index contributed by atoms with van der Waals surface area (Å²) in [6.07, 6.45) is 3.92. The Morgan fingerprint density at radius 1 is 1.33 bits per heavy atom. The number of benzene rings is 1. The Hall–Kier alpha value is 0.700. The first kappa shape index (κ1) is 27.7. The van der Waals surface area contributed by atoms with Crippen LogP contribution in [0.15, 0.2) is 12.1 Å². The standard InChI is InChI=1S/C19H24N3O2.U.V.Y/c1-14-4-3-9-21(12-14)17-5-7-18(8-6-17)22-13-16(10-19(22)24)11-20-15(2)23;;;/h3,7-8,14,16H,4,9-13H2,1-2H3,(H,20,23);;;/q-3;;;. The van der Waals surface area contributed by atoms with Crippen molar-refractivity contribution in [1.82, 2.24) is 5.32 Å². The molecule has 8 heteroatoms. The predicted molar refractivity (Wildman–Crippen MR) is 93.6 cm³/mol. The van der Waals surface area contributed by atoms with Gasteiger partial charge in [-0.05, 0) is 0 Å². The van der Waals surface area contributed by atoms with Crippen LogP contribution in [0.3, 0.4) is 0 Å². The number of hydrogen-bond acceptors (Lipinski definition) is 3. The molecule has 2 amide bonds. The van der Waals surface area contributed by atoms with Gasteiger partial charge in [0, 0.05) is 121 Å². The average molecular weight is 704 g/mol. The van der Waals surface area contributed by atoms with Crippen molar-refractivity contribution in [2.75, 3.05) is 36.0 Å². The number of rotatable bonds is 4. The van der Waals surface area contributed by atoms with Gasteiger partial charge in [0.1, 0.15) is 0 Å². The molecule has 1 aromatic rings. The molecule has 0 aromatic heterocycles. The number of carbonyl (C=O) groups is 2. The van der Waals surface area contributed by atoms with Gasteiger partial charge in [-0.1, -0.05) is 12.8 Å². The molecule has 0 spiro atoms. The fourth-order valence-electron chi connectivity index (χ4n) is 3.39. The van der Waals surface area contributed by atoms with Crippen molar-refractivity contribution >= 4 is 23.2 Å². The van der Waals surface area contributed by atoms with Gasteiger partial charge in [-0.3, -0.25) is 21.7 Å². The van der Waals surface area contributed by atoms with E-state index in [4.69, 9.17) is 0 Å². The van der Waals surface area contributed by atoms with Crippen molar-refractivity contribution in [2.45, 2.75) is 26.7 Å². The molecule has 0 saturated carbocycles. The van der Waals surface area contributed by atoms with Gasteiger partial charge in [-0.25, -0.2) is 5.69 Å². The summed E-state index contributed by atoms with van der Waals surface area (Å²) < 4.78 is 0. The Balaban J connectivity index is 0.00000225. The van der Waals surface area contributed by atoms with E-state index in [0.717, 1.165) is 30.9 Å². The molecular weight excluding hydrogens is 680 g/mol. The van der Waals surface area contributed by atoms with Crippen LogP contribution in [0, 0.1) is 61.5 Å². The van der Waals surface area contributed by atoms with Gasteiger partial charge in [-0.15, -0.1) is 6.54 Å². The molecule has 1 N–H and O–H groups in total. The molecule has 1 aromatic carbocycles. The molecule has 2 radical (unpaired) electrons. The van der Waals surface area contributed by atoms with Crippen LogP contribution >= 0.6 is 0 Å². The van der Waals surface area contributed by atoms with Crippen molar-refractivity contribution in [3.05, 3.63) is 30.7 Å². The predicted octanol–water partition coefficient (Wildman–Crippen LogP) is 1.82. The molecule has 2 fully saturated rings. The summed E-state index contributed by atoms with van der Waals surface area (Å²) in [7, 11) is 0. The van der Waals surface area contributed by atoms with Gasteiger partial charge in [0.15, 0.2) is 0 Å². The monoisotopic (exact) mass is 704 g/mol. The SMILES string of the molecule is CC(=O)NCC1CC(=O)N(c2c[c-]c(N3C[CH-]CC(C)C3)[c-]c2)C1.[U].[V].[Y]. The van der Waals surface area contributed by atoms with Crippen molar-refractivity contribution in [2.24, 2.45) is 11.8 Å². The van der Waals surface area contributed by atoms with Crippen LogP contribution in [-0.4, -0.2) is 38.0 Å². The van der Waals surface area contributed by atoms with E-state index in [9.17, 15) is 9.59 Å². The van der Waals surface area contributed by atoms with Crippen molar-refractivity contribution in [3.63, 3.8) is 0 Å². The summed E-state index contributed by atoms with van der Waals surface area (Å²) in [4.78, 5) is 27.3. The van der Waals surface area contributed by atoms with E-state index in [1.165, 1.54) is 6.92 Å². The first-order valence-electron chi connectivity index (χ1n) is 8.57. The zero-order valence-electron chi connectivity index (χ0n) is 15.9. The smallest absolute Gasteiger partial charge is 0.216 e. The summed E-state index contributed by atoms with van der Waals surface area (Å²) >= 11 is 0. The fourth-order valence-corrected chi connectivity index (χ4v) is 3.39. The second-order valence-electron chi connectivity index (χ2n) is 6.90. The number of anilines is 2. The second kappa shape index (κ2) is 13.1. The van der Waals surface area contributed by atoms with E-state index in [-0.39, 0.29) is 100 Å². The molecular formula is C19H24N3O2UVY-3. The van der Waals surface area contributed by atoms with Crippen LogP contribution in [0.25, 0.3) is 0 Å². The van der Waals surface area contributed by atoms with E-state index in [0.29, 0.717) is 25.4 Å². The number of nitrogens with one attached hydrogen (secondary N) is 1. The summed E-state index contributed by atoms with van der Waals surface area (Å²) in [5.41, 5.74) is 1.80. The normalized spacial score (nSPS) is 21.6. The maximum absolute atomic E-state index is 12.2. The van der Waals surface area contributed by atoms with Crippen molar-refractivity contribution in [3.8, 4) is 0 Å². The molecule has 0 bridgehead atoms. The summed E-state index contributed by atoms with van der Waals surface area (Å²) in [6.45, 7) is 6.87. The number of nitrogens with zero attached hydrogens (tertiary/aromatic N) is 2. The van der Waals surface area contributed by atoms with E-state index in [1.54, 1.807) is 4.90 Å². The third kappa shape index (κ3) is 7.80. The molecule has 142 valence electrons. The van der Waals surface area contributed by atoms with Gasteiger partial charge >= 0.3 is 0 Å². The van der Waals surface area contributed by atoms with Gasteiger partial charge < -0.3 is 33.7 Å². The number of hydrogen-bond donors (Lipinski definition) is 1. The first-order valence-corrected chi connectivity index (χ1v) is 8.57. The van der Waals surface area contributed by atoms with Gasteiger partial charge in [0.2, 0.25) is 11.8 Å². The molecule has 0 aliphatic carbocycles. The van der Waals surface area contributed by atoms with Crippen molar-refractivity contribution in [1.29, 1.82) is 0 Å². The van der Waals surface area contributed by atoms with E-state index in [1.807, 2.05) is 12.1 Å². The van der Waals surface area contributed by atoms with Crippen LogP contribution in [0.4, 0.5) is 11.4 Å². The van der Waals surface area contributed by atoms with Crippen LogP contribution in [0.5, 0.6) is 0 Å². The maximum atomic E-state index is 12.2. The Labute approximate surface area is 223 Å². The van der Waals surface area contributed by atoms with Gasteiger partial charge in [-0.2, -0.15) is 12.1 Å². The number of carbonyl (C=O) groups excluding carboxylic acids is 2. The zero-order chi connectivity index (χ0) is 17.1. The van der Waals surface area contributed by atoms with E-state index in [2.05, 4.69) is 35.7 Å². The minimum absolute atomic E-state index is 0. The Morgan fingerprint density at radius 2 is 2.00 bits per heavy atom. The quantitative estimate of drug-likeness (QED) is 0.488. The largest absolute Gasteiger partial charge is 0.446 e. The van der Waals surface area contributed by atoms with Gasteiger partial charge in [0.25, 0.3) is 0 Å². The number of piperidine rings is 1. The Bertz CT molecular complexity index is 617. The van der Waals surface area contributed by atoms with Crippen LogP contribution in [0.1, 0.15) is 26.7 Å². The van der Waals surface area contributed by atoms with E-state index < -0.39 is 0 Å². The van der Waals surface area contributed by atoms with Crippen LogP contribution in [0.2, 0.25) is 0 Å². The van der Waals surface area contributed by atoms with Gasteiger partial charge in [0.05, 0.1) is 0 Å². The molecule has 5 nitrogen and oxygen atoms in total. The maximum Gasteiger partial charge on any atom is 0.216 e. The topological polar surface area (TPSA) is 52.7 Å². The number of amides is 2. The Kier molecular flexibility index (Phi) is 13.4. The molecule has 27 heavy (non-hydrogen) atoms. The second-order valence-corrected chi connectivity index (χ2v) is 6.90. The minimum Gasteiger partial charge on any atom is -0.446 e. The fraction of sp³-hybridized carbons (Fsp3) is 0.526. The summed E-state index contributed by atoms with van der Waals surface area (Å²) in [5.74, 6) is 0.854.